The fraction of sp³-hybridized carbons (Fsp3) is 0.227. The Morgan fingerprint density at radius 2 is 1.52 bits per heavy atom. The number of carbonyl (C=O) groups excluding carboxylic acids is 1. The van der Waals surface area contributed by atoms with Gasteiger partial charge >= 0.3 is 5.97 Å². The van der Waals surface area contributed by atoms with Gasteiger partial charge in [-0.15, -0.1) is 0 Å². The minimum absolute atomic E-state index is 0.217. The summed E-state index contributed by atoms with van der Waals surface area (Å²) in [5, 5.41) is 4.33. The van der Waals surface area contributed by atoms with E-state index in [0.717, 1.165) is 21.7 Å². The lowest BCUT2D eigenvalue weighted by Gasteiger charge is -2.19. The van der Waals surface area contributed by atoms with Gasteiger partial charge in [0.2, 0.25) is 0 Å². The fourth-order valence-electron chi connectivity index (χ4n) is 3.98. The number of hydrogen-bond acceptors (Lipinski definition) is 6. The summed E-state index contributed by atoms with van der Waals surface area (Å²) >= 11 is 0. The maximum absolute atomic E-state index is 12.2. The highest BCUT2D eigenvalue weighted by Gasteiger charge is 2.19. The zero-order valence-electron chi connectivity index (χ0n) is 16.1. The summed E-state index contributed by atoms with van der Waals surface area (Å²) in [7, 11) is -4.65. The standard InChI is InChI=1S/C22H21NO5S/c1-12-10-18(28-20(24)4-3-9-23)16-7-8-17-19(29(25,26)27)11-13(2)15-6-5-14(12)21(16)22(15)17/h5-8,10-11H,3-4,9,23H2,1-2H3,(H,25,26,27)/p-1. The molecule has 0 heterocycles. The Kier molecular flexibility index (Phi) is 4.69. The molecule has 0 fully saturated rings. The van der Waals surface area contributed by atoms with E-state index in [1.807, 2.05) is 19.1 Å². The van der Waals surface area contributed by atoms with Gasteiger partial charge in [0.25, 0.3) is 0 Å². The third-order valence-electron chi connectivity index (χ3n) is 5.31. The van der Waals surface area contributed by atoms with E-state index in [2.05, 4.69) is 0 Å². The first-order valence-electron chi connectivity index (χ1n) is 9.30. The third-order valence-corrected chi connectivity index (χ3v) is 6.19. The van der Waals surface area contributed by atoms with Crippen LogP contribution in [0.5, 0.6) is 5.75 Å². The number of nitrogens with two attached hydrogens (primary N) is 1. The Hall–Kier alpha value is -2.74. The van der Waals surface area contributed by atoms with Crippen molar-refractivity contribution in [1.82, 2.24) is 0 Å². The molecular weight excluding hydrogens is 390 g/mol. The molecule has 7 heteroatoms. The zero-order chi connectivity index (χ0) is 20.9. The van der Waals surface area contributed by atoms with Gasteiger partial charge < -0.3 is 15.0 Å². The molecule has 0 unspecified atom stereocenters. The second kappa shape index (κ2) is 6.95. The lowest BCUT2D eigenvalue weighted by atomic mass is 9.90. The molecule has 150 valence electrons. The first kappa shape index (κ1) is 19.6. The van der Waals surface area contributed by atoms with Gasteiger partial charge in [0.05, 0.1) is 4.90 Å². The molecule has 0 saturated heterocycles. The van der Waals surface area contributed by atoms with Crippen molar-refractivity contribution in [1.29, 1.82) is 0 Å². The fourth-order valence-corrected chi connectivity index (χ4v) is 4.74. The van der Waals surface area contributed by atoms with Crippen LogP contribution in [0.2, 0.25) is 0 Å². The van der Waals surface area contributed by atoms with E-state index in [-0.39, 0.29) is 17.3 Å². The maximum atomic E-state index is 12.2. The molecule has 0 atom stereocenters. The van der Waals surface area contributed by atoms with Crippen LogP contribution in [0.25, 0.3) is 32.3 Å². The van der Waals surface area contributed by atoms with Crippen LogP contribution in [-0.4, -0.2) is 25.5 Å². The third kappa shape index (κ3) is 3.21. The van der Waals surface area contributed by atoms with Crippen LogP contribution in [0.15, 0.2) is 41.3 Å². The topological polar surface area (TPSA) is 110 Å². The highest BCUT2D eigenvalue weighted by Crippen LogP contribution is 2.43. The Morgan fingerprint density at radius 1 is 0.966 bits per heavy atom. The number of rotatable bonds is 5. The molecule has 0 radical (unpaired) electrons. The Labute approximate surface area is 168 Å². The van der Waals surface area contributed by atoms with E-state index >= 15 is 0 Å². The largest absolute Gasteiger partial charge is 0.744 e. The SMILES string of the molecule is Cc1cc(OC(=O)CCCN)c2ccc3c(S(=O)(=O)[O-])cc(C)c4ccc1c2c43. The van der Waals surface area contributed by atoms with Crippen molar-refractivity contribution in [2.75, 3.05) is 6.54 Å². The van der Waals surface area contributed by atoms with Crippen LogP contribution in [0, 0.1) is 13.8 Å². The molecule has 0 amide bonds. The van der Waals surface area contributed by atoms with Crippen LogP contribution < -0.4 is 10.5 Å². The van der Waals surface area contributed by atoms with Crippen molar-refractivity contribution in [2.24, 2.45) is 5.73 Å². The maximum Gasteiger partial charge on any atom is 0.311 e. The average molecular weight is 410 g/mol. The summed E-state index contributed by atoms with van der Waals surface area (Å²) in [5.74, 6) is 0.0448. The van der Waals surface area contributed by atoms with Gasteiger partial charge in [0.15, 0.2) is 0 Å². The van der Waals surface area contributed by atoms with Gasteiger partial charge in [-0.25, -0.2) is 8.42 Å². The van der Waals surface area contributed by atoms with Crippen molar-refractivity contribution < 1.29 is 22.5 Å². The van der Waals surface area contributed by atoms with Crippen LogP contribution in [0.4, 0.5) is 0 Å². The molecule has 0 aliphatic heterocycles. The lowest BCUT2D eigenvalue weighted by Crippen LogP contribution is -2.11. The van der Waals surface area contributed by atoms with Crippen LogP contribution >= 0.6 is 0 Å². The first-order valence-corrected chi connectivity index (χ1v) is 10.7. The van der Waals surface area contributed by atoms with E-state index in [1.165, 1.54) is 6.07 Å². The monoisotopic (exact) mass is 410 g/mol. The van der Waals surface area contributed by atoms with Gasteiger partial charge in [-0.3, -0.25) is 4.79 Å². The predicted molar refractivity (Wildman–Crippen MR) is 112 cm³/mol. The Balaban J connectivity index is 2.09. The molecular formula is C22H20NO5S-. The number of aryl methyl sites for hydroxylation is 2. The number of carbonyl (C=O) groups is 1. The molecule has 0 saturated carbocycles. The van der Waals surface area contributed by atoms with E-state index in [4.69, 9.17) is 10.5 Å². The summed E-state index contributed by atoms with van der Waals surface area (Å²) in [4.78, 5) is 11.9. The Morgan fingerprint density at radius 3 is 2.14 bits per heavy atom. The minimum Gasteiger partial charge on any atom is -0.744 e. The summed E-state index contributed by atoms with van der Waals surface area (Å²) in [6, 6.07) is 10.4. The van der Waals surface area contributed by atoms with E-state index < -0.39 is 10.1 Å². The smallest absolute Gasteiger partial charge is 0.311 e. The molecule has 4 aromatic rings. The van der Waals surface area contributed by atoms with Gasteiger partial charge in [-0.1, -0.05) is 18.2 Å². The van der Waals surface area contributed by atoms with E-state index in [1.54, 1.807) is 25.1 Å². The van der Waals surface area contributed by atoms with Crippen LogP contribution in [0.1, 0.15) is 24.0 Å². The summed E-state index contributed by atoms with van der Waals surface area (Å²) in [5.41, 5.74) is 7.05. The molecule has 0 aromatic heterocycles. The highest BCUT2D eigenvalue weighted by molar-refractivity contribution is 7.86. The van der Waals surface area contributed by atoms with Gasteiger partial charge in [-0.2, -0.15) is 0 Å². The summed E-state index contributed by atoms with van der Waals surface area (Å²) in [6.45, 7) is 4.08. The molecule has 29 heavy (non-hydrogen) atoms. The second-order valence-electron chi connectivity index (χ2n) is 7.27. The predicted octanol–water partition coefficient (Wildman–Crippen LogP) is 3.75. The average Bonchev–Trinajstić information content (AvgIpc) is 2.66. The lowest BCUT2D eigenvalue weighted by molar-refractivity contribution is -0.134. The molecule has 4 aromatic carbocycles. The molecule has 6 nitrogen and oxygen atoms in total. The zero-order valence-corrected chi connectivity index (χ0v) is 16.9. The molecule has 0 aliphatic carbocycles. The number of esters is 1. The van der Waals surface area contributed by atoms with Gasteiger partial charge in [0, 0.05) is 22.6 Å². The van der Waals surface area contributed by atoms with Crippen molar-refractivity contribution in [3.05, 3.63) is 47.5 Å². The molecule has 0 bridgehead atoms. The number of ether oxygens (including phenoxy) is 1. The molecule has 4 rings (SSSR count). The Bertz CT molecular complexity index is 1380. The van der Waals surface area contributed by atoms with Gasteiger partial charge in [0.1, 0.15) is 15.9 Å². The van der Waals surface area contributed by atoms with Crippen LogP contribution in [0.3, 0.4) is 0 Å². The van der Waals surface area contributed by atoms with Crippen molar-refractivity contribution in [2.45, 2.75) is 31.6 Å². The molecule has 0 aliphatic rings. The van der Waals surface area contributed by atoms with Crippen molar-refractivity contribution >= 4 is 48.4 Å². The van der Waals surface area contributed by atoms with Crippen molar-refractivity contribution in [3.8, 4) is 5.75 Å². The van der Waals surface area contributed by atoms with Crippen molar-refractivity contribution in [3.63, 3.8) is 0 Å². The summed E-state index contributed by atoms with van der Waals surface area (Å²) < 4.78 is 41.2. The number of hydrogen-bond donors (Lipinski definition) is 1. The van der Waals surface area contributed by atoms with Crippen LogP contribution in [-0.2, 0) is 14.9 Å². The first-order chi connectivity index (χ1) is 13.7. The molecule has 0 spiro atoms. The normalized spacial score (nSPS) is 12.3. The second-order valence-corrected chi connectivity index (χ2v) is 8.62. The van der Waals surface area contributed by atoms with E-state index in [0.29, 0.717) is 40.4 Å². The summed E-state index contributed by atoms with van der Waals surface area (Å²) in [6.07, 6.45) is 0.753. The van der Waals surface area contributed by atoms with Gasteiger partial charge in [-0.05, 0) is 72.3 Å². The minimum atomic E-state index is -4.65. The van der Waals surface area contributed by atoms with E-state index in [9.17, 15) is 17.8 Å². The quantitative estimate of drug-likeness (QED) is 0.232. The highest BCUT2D eigenvalue weighted by atomic mass is 32.2. The number of benzene rings is 4. The molecule has 2 N–H and O–H groups in total.